The summed E-state index contributed by atoms with van der Waals surface area (Å²) in [5.41, 5.74) is -0.990. The van der Waals surface area contributed by atoms with Gasteiger partial charge in [0, 0.05) is 6.20 Å². The Labute approximate surface area is 106 Å². The molecule has 0 aromatic carbocycles. The van der Waals surface area contributed by atoms with Crippen molar-refractivity contribution in [2.24, 2.45) is 0 Å². The summed E-state index contributed by atoms with van der Waals surface area (Å²) >= 11 is 2.12. The van der Waals surface area contributed by atoms with E-state index in [1.165, 1.54) is 5.09 Å². The Morgan fingerprint density at radius 1 is 1.53 bits per heavy atom. The van der Waals surface area contributed by atoms with Crippen LogP contribution in [0.3, 0.4) is 0 Å². The number of pyridine rings is 1. The summed E-state index contributed by atoms with van der Waals surface area (Å²) in [7, 11) is 0. The van der Waals surface area contributed by atoms with Gasteiger partial charge in [-0.05, 0) is 12.1 Å². The third-order valence-electron chi connectivity index (χ3n) is 1.48. The first-order valence-electron chi connectivity index (χ1n) is 5.05. The predicted molar refractivity (Wildman–Crippen MR) is 56.8 cm³/mol. The van der Waals surface area contributed by atoms with Gasteiger partial charge in [-0.15, -0.1) is 0 Å². The topological polar surface area (TPSA) is 50.2 Å². The molecule has 0 radical (unpaired) electrons. The number of nitrogens with zero attached hydrogens (tertiary/aromatic N) is 1. The maximum absolute atomic E-state index is 12.1. The van der Waals surface area contributed by atoms with Crippen molar-refractivity contribution in [1.29, 1.82) is 0 Å². The van der Waals surface area contributed by atoms with E-state index in [1.807, 2.05) is 0 Å². The van der Waals surface area contributed by atoms with Crippen molar-refractivity contribution < 1.29 is 23.1 Å². The molecule has 1 heterocycles. The number of halogens is 3. The molecule has 0 aliphatic heterocycles. The number of hydrogen-bond donors (Lipinski definition) is 1. The summed E-state index contributed by atoms with van der Waals surface area (Å²) in [6.45, 7) is 2.12. The van der Waals surface area contributed by atoms with Gasteiger partial charge < -0.3 is 5.11 Å². The van der Waals surface area contributed by atoms with E-state index in [0.717, 1.165) is 18.3 Å². The molecule has 0 aliphatic rings. The molecule has 90 valence electrons. The normalized spacial score (nSPS) is 10.5. The van der Waals surface area contributed by atoms with Gasteiger partial charge in [0.2, 0.25) is 0 Å². The number of aliphatic carboxylic acids is 1. The van der Waals surface area contributed by atoms with E-state index in [-0.39, 0.29) is 5.69 Å². The van der Waals surface area contributed by atoms with Crippen LogP contribution in [0.5, 0.6) is 0 Å². The molecule has 17 heavy (non-hydrogen) atoms. The second-order valence-electron chi connectivity index (χ2n) is 3.31. The maximum atomic E-state index is 12.1. The van der Waals surface area contributed by atoms with Crippen molar-refractivity contribution in [3.05, 3.63) is 29.6 Å². The number of carboxylic acids is 1. The predicted octanol–water partition coefficient (Wildman–Crippen LogP) is 2.32. The molecule has 0 amide bonds. The number of hydrogen-bond acceptors (Lipinski definition) is 2. The van der Waals surface area contributed by atoms with Gasteiger partial charge in [-0.1, -0.05) is 0 Å². The van der Waals surface area contributed by atoms with Crippen molar-refractivity contribution in [2.75, 3.05) is 0 Å². The summed E-state index contributed by atoms with van der Waals surface area (Å²) in [5, 5.41) is 9.59. The second kappa shape index (κ2) is 7.36. The Kier molecular flexibility index (Phi) is 6.93. The van der Waals surface area contributed by atoms with Crippen LogP contribution in [0.2, 0.25) is 5.09 Å². The molecule has 7 heteroatoms. The average Bonchev–Trinajstić information content (AvgIpc) is 2.17. The fraction of sp³-hybridized carbons (Fsp3) is 0.400. The van der Waals surface area contributed by atoms with E-state index in [4.69, 9.17) is 5.11 Å². The Morgan fingerprint density at radius 3 is 2.47 bits per heavy atom. The third-order valence-corrected chi connectivity index (χ3v) is 1.48. The second-order valence-corrected chi connectivity index (χ2v) is 3.31. The van der Waals surface area contributed by atoms with Gasteiger partial charge in [0.1, 0.15) is 0 Å². The van der Waals surface area contributed by atoms with Gasteiger partial charge >= 0.3 is 41.9 Å². The summed E-state index contributed by atoms with van der Waals surface area (Å²) < 4.78 is 36.4. The Balaban J connectivity index is 0.000000770. The van der Waals surface area contributed by atoms with E-state index in [9.17, 15) is 18.0 Å². The minimum absolute atomic E-state index is 0.104. The van der Waals surface area contributed by atoms with E-state index in [2.05, 4.69) is 29.6 Å². The molecule has 0 aliphatic carbocycles. The molecule has 0 saturated carbocycles. The number of rotatable bonds is 2. The molecule has 3 nitrogen and oxygen atoms in total. The fourth-order valence-corrected chi connectivity index (χ4v) is 0.906. The van der Waals surface area contributed by atoms with E-state index >= 15 is 0 Å². The fourth-order valence-electron chi connectivity index (χ4n) is 0.906. The van der Waals surface area contributed by atoms with Gasteiger partial charge in [-0.25, -0.2) is 0 Å². The van der Waals surface area contributed by atoms with Crippen molar-refractivity contribution in [3.63, 3.8) is 0 Å². The van der Waals surface area contributed by atoms with Crippen molar-refractivity contribution >= 4 is 23.7 Å². The zero-order valence-electron chi connectivity index (χ0n) is 9.58. The van der Waals surface area contributed by atoms with Crippen LogP contribution in [-0.4, -0.2) is 33.8 Å². The van der Waals surface area contributed by atoms with Gasteiger partial charge in [0.25, 0.3) is 0 Å². The monoisotopic (exact) mass is 241 g/mol. The molecule has 0 spiro atoms. The number of aromatic nitrogens is 1. The Hall–Kier alpha value is -0.993. The minimum atomic E-state index is -4.46. The summed E-state index contributed by atoms with van der Waals surface area (Å²) in [4.78, 5) is 13.7. The molecule has 1 N–H and O–H groups in total. The van der Waals surface area contributed by atoms with Gasteiger partial charge in [-0.2, -0.15) is 13.2 Å². The van der Waals surface area contributed by atoms with Crippen LogP contribution >= 0.6 is 0 Å². The molecule has 0 saturated heterocycles. The molecule has 0 bridgehead atoms. The van der Waals surface area contributed by atoms with E-state index < -0.39 is 24.1 Å². The van der Waals surface area contributed by atoms with Crippen molar-refractivity contribution in [2.45, 2.75) is 24.6 Å². The average molecular weight is 241 g/mol. The van der Waals surface area contributed by atoms with Crippen LogP contribution in [0.4, 0.5) is 13.2 Å². The van der Waals surface area contributed by atoms with E-state index in [1.54, 1.807) is 0 Å². The van der Waals surface area contributed by atoms with Gasteiger partial charge in [0.15, 0.2) is 0 Å². The molecular weight excluding hydrogens is 230 g/mol. The van der Waals surface area contributed by atoms with Gasteiger partial charge in [-0.3, -0.25) is 9.78 Å². The molecule has 1 aromatic rings. The van der Waals surface area contributed by atoms with Crippen molar-refractivity contribution in [1.82, 2.24) is 4.98 Å². The first-order valence-corrected chi connectivity index (χ1v) is 5.05. The standard InChI is InChI=1S/C8H6F3NO2.C2H5.Li/c9-8(10,11)5-1-2-12-6(3-5)4-7(13)14;1-2;/h1-3H,4H2,(H,13,14);1H2,2H3;. The Bertz CT molecular complexity index is 369. The zero-order valence-corrected chi connectivity index (χ0v) is 9.58. The number of carboxylic acid groups (broad SMARTS) is 1. The Morgan fingerprint density at radius 2 is 2.06 bits per heavy atom. The van der Waals surface area contributed by atoms with E-state index in [0.29, 0.717) is 0 Å². The van der Waals surface area contributed by atoms with Crippen LogP contribution < -0.4 is 0 Å². The molecule has 1 aromatic heterocycles. The van der Waals surface area contributed by atoms with Crippen LogP contribution in [-0.2, 0) is 17.4 Å². The summed E-state index contributed by atoms with van der Waals surface area (Å²) in [6.07, 6.45) is -4.03. The molecule has 0 unspecified atom stereocenters. The molecule has 0 atom stereocenters. The molecule has 1 rings (SSSR count). The zero-order chi connectivity index (χ0) is 13.5. The van der Waals surface area contributed by atoms with Gasteiger partial charge in [0.05, 0.1) is 17.7 Å². The quantitative estimate of drug-likeness (QED) is 0.808. The SMILES string of the molecule is O=C(O)Cc1cc(C(F)(F)F)ccn1.[Li][CH2]C. The summed E-state index contributed by atoms with van der Waals surface area (Å²) in [5.74, 6) is -1.21. The first kappa shape index (κ1) is 16.0. The number of carbonyl (C=O) groups is 1. The summed E-state index contributed by atoms with van der Waals surface area (Å²) in [6, 6.07) is 1.53. The first-order chi connectivity index (χ1) is 7.81. The number of alkyl halides is 3. The van der Waals surface area contributed by atoms with Crippen molar-refractivity contribution in [3.8, 4) is 0 Å². The van der Waals surface area contributed by atoms with Crippen LogP contribution in [0.1, 0.15) is 18.2 Å². The molecular formula is C10H11F3LiNO2. The molecule has 0 fully saturated rings. The third kappa shape index (κ3) is 7.03. The van der Waals surface area contributed by atoms with Crippen LogP contribution in [0.25, 0.3) is 0 Å². The van der Waals surface area contributed by atoms with Crippen LogP contribution in [0.15, 0.2) is 18.3 Å². The van der Waals surface area contributed by atoms with Crippen LogP contribution in [0, 0.1) is 0 Å².